The van der Waals surface area contributed by atoms with Gasteiger partial charge in [-0.05, 0) is 84.9 Å². The number of benzene rings is 3. The van der Waals surface area contributed by atoms with Crippen molar-refractivity contribution < 1.29 is 5.11 Å². The molecule has 4 heteroatoms. The smallest absolute Gasteiger partial charge is 0.121 e. The Morgan fingerprint density at radius 1 is 0.862 bits per heavy atom. The van der Waals surface area contributed by atoms with Crippen LogP contribution in [0.15, 0.2) is 53.0 Å². The topological polar surface area (TPSA) is 26.7 Å². The van der Waals surface area contributed by atoms with Gasteiger partial charge in [0.05, 0.1) is 0 Å². The lowest BCUT2D eigenvalue weighted by Gasteiger charge is -2.32. The van der Waals surface area contributed by atoms with E-state index in [1.807, 2.05) is 12.1 Å². The number of rotatable bonds is 4. The molecule has 1 N–H and O–H groups in total. The highest BCUT2D eigenvalue weighted by atomic mass is 79.9. The maximum absolute atomic E-state index is 10.6. The zero-order valence-electron chi connectivity index (χ0n) is 16.7. The molecule has 0 saturated carbocycles. The largest absolute Gasteiger partial charge is 0.508 e. The predicted molar refractivity (Wildman–Crippen MR) is 124 cm³/mol. The first-order valence-corrected chi connectivity index (χ1v) is 11.5. The van der Waals surface area contributed by atoms with Crippen LogP contribution in [0.3, 0.4) is 0 Å². The summed E-state index contributed by atoms with van der Waals surface area (Å²) in [5, 5.41) is 12.9. The first-order valence-electron chi connectivity index (χ1n) is 10.7. The fraction of sp³-hybridized carbons (Fsp3) is 0.360. The summed E-state index contributed by atoms with van der Waals surface area (Å²) in [5.74, 6) is 0.387. The van der Waals surface area contributed by atoms with Crippen LogP contribution in [0.2, 0.25) is 0 Å². The van der Waals surface area contributed by atoms with E-state index in [1.54, 1.807) is 0 Å². The second kappa shape index (κ2) is 8.00. The standard InChI is InChI=1S/C25H27BrN2O/c26-21-7-8-22-19(15-21)6-10-25(29)23(22)17-28-13-3-4-20-14-18(5-9-24(20)28)16-27-11-1-2-12-27/h5-10,14-15,29H,1-4,11-13,16-17H2. The molecule has 29 heavy (non-hydrogen) atoms. The molecule has 0 radical (unpaired) electrons. The SMILES string of the molecule is Oc1ccc2cc(Br)ccc2c1CN1CCCc2cc(CN3CCCC3)ccc21. The maximum Gasteiger partial charge on any atom is 0.121 e. The Kier molecular flexibility index (Phi) is 5.23. The average molecular weight is 451 g/mol. The molecule has 0 unspecified atom stereocenters. The first kappa shape index (κ1) is 19.0. The number of halogens is 1. The molecule has 0 aromatic heterocycles. The fourth-order valence-electron chi connectivity index (χ4n) is 4.90. The molecule has 1 fully saturated rings. The van der Waals surface area contributed by atoms with E-state index in [0.29, 0.717) is 5.75 Å². The number of likely N-dealkylation sites (tertiary alicyclic amines) is 1. The highest BCUT2D eigenvalue weighted by Crippen LogP contribution is 2.35. The summed E-state index contributed by atoms with van der Waals surface area (Å²) in [6, 6.07) is 17.1. The number of phenolic OH excluding ortho intramolecular Hbond substituents is 1. The highest BCUT2D eigenvalue weighted by Gasteiger charge is 2.20. The summed E-state index contributed by atoms with van der Waals surface area (Å²) in [6.07, 6.45) is 4.99. The van der Waals surface area contributed by atoms with E-state index in [-0.39, 0.29) is 0 Å². The minimum Gasteiger partial charge on any atom is -0.508 e. The molecule has 150 valence electrons. The molecule has 2 aliphatic heterocycles. The average Bonchev–Trinajstić information content (AvgIpc) is 3.23. The lowest BCUT2D eigenvalue weighted by molar-refractivity contribution is 0.331. The summed E-state index contributed by atoms with van der Waals surface area (Å²) in [4.78, 5) is 5.00. The summed E-state index contributed by atoms with van der Waals surface area (Å²) < 4.78 is 1.07. The van der Waals surface area contributed by atoms with Gasteiger partial charge in [-0.3, -0.25) is 4.90 Å². The number of anilines is 1. The Morgan fingerprint density at radius 3 is 2.59 bits per heavy atom. The van der Waals surface area contributed by atoms with E-state index in [9.17, 15) is 5.11 Å². The predicted octanol–water partition coefficient (Wildman–Crippen LogP) is 5.86. The van der Waals surface area contributed by atoms with E-state index in [1.165, 1.54) is 42.7 Å². The molecule has 0 aliphatic carbocycles. The fourth-order valence-corrected chi connectivity index (χ4v) is 5.28. The van der Waals surface area contributed by atoms with Gasteiger partial charge in [0.15, 0.2) is 0 Å². The van der Waals surface area contributed by atoms with Gasteiger partial charge >= 0.3 is 0 Å². The Bertz CT molecular complexity index is 1040. The normalized spacial score (nSPS) is 17.1. The van der Waals surface area contributed by atoms with Crippen molar-refractivity contribution in [3.63, 3.8) is 0 Å². The molecule has 3 aromatic rings. The molecule has 3 aromatic carbocycles. The number of phenols is 1. The van der Waals surface area contributed by atoms with Gasteiger partial charge in [0.25, 0.3) is 0 Å². The molecule has 0 atom stereocenters. The number of hydrogen-bond acceptors (Lipinski definition) is 3. The number of fused-ring (bicyclic) bond motifs is 2. The van der Waals surface area contributed by atoms with Crippen molar-refractivity contribution in [1.29, 1.82) is 0 Å². The summed E-state index contributed by atoms with van der Waals surface area (Å²) in [5.41, 5.74) is 5.24. The second-order valence-electron chi connectivity index (χ2n) is 8.40. The van der Waals surface area contributed by atoms with Crippen LogP contribution in [0.4, 0.5) is 5.69 Å². The van der Waals surface area contributed by atoms with Crippen molar-refractivity contribution in [2.24, 2.45) is 0 Å². The van der Waals surface area contributed by atoms with E-state index in [2.05, 4.69) is 62.1 Å². The van der Waals surface area contributed by atoms with Crippen LogP contribution in [0, 0.1) is 0 Å². The van der Waals surface area contributed by atoms with Gasteiger partial charge in [-0.15, -0.1) is 0 Å². The molecule has 0 amide bonds. The Labute approximate surface area is 181 Å². The molecule has 0 bridgehead atoms. The quantitative estimate of drug-likeness (QED) is 0.539. The summed E-state index contributed by atoms with van der Waals surface area (Å²) in [6.45, 7) is 5.32. The lowest BCUT2D eigenvalue weighted by atomic mass is 9.97. The van der Waals surface area contributed by atoms with Crippen LogP contribution in [0.25, 0.3) is 10.8 Å². The van der Waals surface area contributed by atoms with Gasteiger partial charge in [-0.25, -0.2) is 0 Å². The molecule has 3 nitrogen and oxygen atoms in total. The van der Waals surface area contributed by atoms with E-state index in [0.717, 1.165) is 53.3 Å². The molecule has 5 rings (SSSR count). The van der Waals surface area contributed by atoms with Crippen molar-refractivity contribution in [2.75, 3.05) is 24.5 Å². The van der Waals surface area contributed by atoms with Gasteiger partial charge in [-0.2, -0.15) is 0 Å². The van der Waals surface area contributed by atoms with Crippen molar-refractivity contribution in [3.8, 4) is 5.75 Å². The number of aromatic hydroxyl groups is 1. The van der Waals surface area contributed by atoms with Crippen LogP contribution in [-0.2, 0) is 19.5 Å². The zero-order valence-corrected chi connectivity index (χ0v) is 18.3. The van der Waals surface area contributed by atoms with Crippen molar-refractivity contribution >= 4 is 32.4 Å². The van der Waals surface area contributed by atoms with Crippen LogP contribution < -0.4 is 4.90 Å². The van der Waals surface area contributed by atoms with Crippen molar-refractivity contribution in [3.05, 3.63) is 69.7 Å². The van der Waals surface area contributed by atoms with Crippen LogP contribution in [-0.4, -0.2) is 29.6 Å². The Hall–Kier alpha value is -2.04. The van der Waals surface area contributed by atoms with Gasteiger partial charge in [0, 0.05) is 35.4 Å². The van der Waals surface area contributed by atoms with Crippen LogP contribution in [0.1, 0.15) is 36.0 Å². The molecule has 2 heterocycles. The monoisotopic (exact) mass is 450 g/mol. The third kappa shape index (κ3) is 3.88. The minimum atomic E-state index is 0.387. The van der Waals surface area contributed by atoms with Crippen molar-refractivity contribution in [2.45, 2.75) is 38.8 Å². The minimum absolute atomic E-state index is 0.387. The molecular weight excluding hydrogens is 424 g/mol. The summed E-state index contributed by atoms with van der Waals surface area (Å²) >= 11 is 3.56. The highest BCUT2D eigenvalue weighted by molar-refractivity contribution is 9.10. The van der Waals surface area contributed by atoms with E-state index < -0.39 is 0 Å². The number of hydrogen-bond donors (Lipinski definition) is 1. The zero-order chi connectivity index (χ0) is 19.8. The van der Waals surface area contributed by atoms with Gasteiger partial charge in [-0.1, -0.05) is 40.2 Å². The van der Waals surface area contributed by atoms with Gasteiger partial charge in [0.1, 0.15) is 5.75 Å². The van der Waals surface area contributed by atoms with Crippen LogP contribution in [0.5, 0.6) is 5.75 Å². The molecular formula is C25H27BrN2O. The van der Waals surface area contributed by atoms with E-state index in [4.69, 9.17) is 0 Å². The molecule has 1 saturated heterocycles. The summed E-state index contributed by atoms with van der Waals surface area (Å²) in [7, 11) is 0. The molecule has 0 spiro atoms. The van der Waals surface area contributed by atoms with Crippen LogP contribution >= 0.6 is 15.9 Å². The van der Waals surface area contributed by atoms with Gasteiger partial charge < -0.3 is 10.0 Å². The van der Waals surface area contributed by atoms with Crippen molar-refractivity contribution in [1.82, 2.24) is 4.90 Å². The third-order valence-electron chi connectivity index (χ3n) is 6.38. The third-order valence-corrected chi connectivity index (χ3v) is 6.87. The lowest BCUT2D eigenvalue weighted by Crippen LogP contribution is -2.29. The number of aryl methyl sites for hydroxylation is 1. The van der Waals surface area contributed by atoms with Gasteiger partial charge in [0.2, 0.25) is 0 Å². The Balaban J connectivity index is 1.44. The maximum atomic E-state index is 10.6. The first-order chi connectivity index (χ1) is 14.2. The second-order valence-corrected chi connectivity index (χ2v) is 9.32. The Morgan fingerprint density at radius 2 is 1.72 bits per heavy atom. The number of nitrogens with zero attached hydrogens (tertiary/aromatic N) is 2. The molecule has 2 aliphatic rings. The van der Waals surface area contributed by atoms with E-state index >= 15 is 0 Å².